The molecule has 10 rings (SSSR count). The molecular weight excluding hydrogens is 797 g/mol. The SMILES string of the molecule is CC(F)(F)C(=O)OC1C2CC3CC1CC(C(=O)OCC(O)COCC(=O)OC1(C)C4CC5CC(C4)CC1C5)(C3)C2.c1ccc([I-]c2ccccc2)cc1. The number of halogens is 3. The molecule has 3 atom stereocenters. The monoisotopic (exact) mass is 849 g/mol. The second kappa shape index (κ2) is 15.8. The van der Waals surface area contributed by atoms with E-state index in [4.69, 9.17) is 18.9 Å². The molecule has 8 fully saturated rings. The number of carbonyl (C=O) groups excluding carboxylic acids is 3. The molecule has 0 spiro atoms. The van der Waals surface area contributed by atoms with Crippen molar-refractivity contribution in [1.29, 1.82) is 0 Å². The van der Waals surface area contributed by atoms with E-state index in [9.17, 15) is 28.3 Å². The molecular formula is C42H52F2IO8-. The number of esters is 3. The van der Waals surface area contributed by atoms with Gasteiger partial charge in [0.05, 0.1) is 12.0 Å². The molecule has 8 bridgehead atoms. The quantitative estimate of drug-likeness (QED) is 0.195. The Morgan fingerprint density at radius 3 is 1.89 bits per heavy atom. The first kappa shape index (κ1) is 38.6. The standard InChI is InChI=1S/C30H42F2O8.C12H10I/c1-28(21-6-16-3-17(8-21)9-22(28)7-16)40-24(34)15-37-13-23(33)14-38-27(36)30-10-18-4-19(11-30)25(20(5-18)12-30)39-26(35)29(2,31)32;1-3-7-11(8-4-1)13-12-9-5-2-6-10-12/h16-23,25,33H,3-15H2,1-2H3;1-10H/q;-1. The third kappa shape index (κ3) is 8.77. The van der Waals surface area contributed by atoms with Crippen LogP contribution in [0.15, 0.2) is 60.7 Å². The van der Waals surface area contributed by atoms with Crippen molar-refractivity contribution in [2.24, 2.45) is 46.8 Å². The fraction of sp³-hybridized carbons (Fsp3) is 0.643. The molecule has 290 valence electrons. The van der Waals surface area contributed by atoms with Crippen LogP contribution in [0.25, 0.3) is 0 Å². The molecule has 53 heavy (non-hydrogen) atoms. The molecule has 8 aliphatic rings. The average molecular weight is 850 g/mol. The summed E-state index contributed by atoms with van der Waals surface area (Å²) in [6, 6.07) is 21.4. The van der Waals surface area contributed by atoms with E-state index in [1.807, 2.05) is 0 Å². The summed E-state index contributed by atoms with van der Waals surface area (Å²) in [7, 11) is 0. The number of carbonyl (C=O) groups is 3. The fourth-order valence-corrected chi connectivity index (χ4v) is 13.2. The van der Waals surface area contributed by atoms with Crippen molar-refractivity contribution in [3.8, 4) is 0 Å². The van der Waals surface area contributed by atoms with Crippen molar-refractivity contribution in [1.82, 2.24) is 0 Å². The van der Waals surface area contributed by atoms with Crippen LogP contribution in [0, 0.1) is 54.0 Å². The van der Waals surface area contributed by atoms with Crippen LogP contribution in [-0.4, -0.2) is 66.6 Å². The Bertz CT molecular complexity index is 1520. The van der Waals surface area contributed by atoms with Crippen LogP contribution in [-0.2, 0) is 33.3 Å². The van der Waals surface area contributed by atoms with E-state index in [0.717, 1.165) is 50.4 Å². The Morgan fingerprint density at radius 2 is 1.36 bits per heavy atom. The first-order chi connectivity index (χ1) is 25.3. The van der Waals surface area contributed by atoms with E-state index in [2.05, 4.69) is 67.6 Å². The number of hydrogen-bond donors (Lipinski definition) is 1. The maximum atomic E-state index is 13.4. The molecule has 0 saturated heterocycles. The van der Waals surface area contributed by atoms with Crippen LogP contribution in [0.4, 0.5) is 8.78 Å². The summed E-state index contributed by atoms with van der Waals surface area (Å²) in [6.07, 6.45) is 7.14. The first-order valence-electron chi connectivity index (χ1n) is 19.3. The van der Waals surface area contributed by atoms with Crippen molar-refractivity contribution >= 4 is 17.9 Å². The fourth-order valence-electron chi connectivity index (χ4n) is 10.9. The van der Waals surface area contributed by atoms with E-state index in [1.165, 1.54) is 13.6 Å². The van der Waals surface area contributed by atoms with Crippen LogP contribution in [0.5, 0.6) is 0 Å². The van der Waals surface area contributed by atoms with Crippen LogP contribution >= 0.6 is 0 Å². The van der Waals surface area contributed by atoms with E-state index in [-0.39, 0.29) is 58.8 Å². The zero-order chi connectivity index (χ0) is 37.4. The molecule has 2 aromatic carbocycles. The van der Waals surface area contributed by atoms with Gasteiger partial charge in [0, 0.05) is 6.92 Å². The van der Waals surface area contributed by atoms with Gasteiger partial charge >= 0.3 is 113 Å². The minimum absolute atomic E-state index is 0.0287. The molecule has 8 saturated carbocycles. The third-order valence-electron chi connectivity index (χ3n) is 12.9. The average Bonchev–Trinajstić information content (AvgIpc) is 3.11. The molecule has 0 heterocycles. The predicted octanol–water partition coefficient (Wildman–Crippen LogP) is 3.87. The van der Waals surface area contributed by atoms with Crippen LogP contribution in [0.1, 0.15) is 78.1 Å². The van der Waals surface area contributed by atoms with Crippen molar-refractivity contribution < 1.29 is 68.4 Å². The minimum atomic E-state index is -3.55. The Morgan fingerprint density at radius 1 is 0.811 bits per heavy atom. The normalized spacial score (nSPS) is 35.3. The van der Waals surface area contributed by atoms with E-state index < -0.39 is 47.1 Å². The molecule has 8 aliphatic carbocycles. The van der Waals surface area contributed by atoms with Crippen molar-refractivity contribution in [2.45, 2.75) is 102 Å². The molecule has 8 nitrogen and oxygen atoms in total. The zero-order valence-electron chi connectivity index (χ0n) is 30.6. The molecule has 0 radical (unpaired) electrons. The Kier molecular flexibility index (Phi) is 11.5. The van der Waals surface area contributed by atoms with Crippen molar-refractivity contribution in [3.05, 3.63) is 67.8 Å². The van der Waals surface area contributed by atoms with Crippen LogP contribution in [0.2, 0.25) is 0 Å². The van der Waals surface area contributed by atoms with Gasteiger partial charge in [-0.1, -0.05) is 0 Å². The molecule has 11 heteroatoms. The Hall–Kier alpha value is -2.64. The van der Waals surface area contributed by atoms with Crippen molar-refractivity contribution in [2.75, 3.05) is 19.8 Å². The molecule has 3 unspecified atom stereocenters. The first-order valence-corrected chi connectivity index (χ1v) is 21.4. The Labute approximate surface area is 321 Å². The second-order valence-corrected chi connectivity index (χ2v) is 20.0. The number of aliphatic hydroxyl groups is 1. The van der Waals surface area contributed by atoms with Crippen LogP contribution in [0.3, 0.4) is 0 Å². The third-order valence-corrected chi connectivity index (χ3v) is 15.6. The van der Waals surface area contributed by atoms with Gasteiger partial charge < -0.3 is 24.1 Å². The molecule has 0 aliphatic heterocycles. The number of alkyl halides is 2. The van der Waals surface area contributed by atoms with Gasteiger partial charge in [0.2, 0.25) is 0 Å². The number of hydrogen-bond acceptors (Lipinski definition) is 8. The predicted molar refractivity (Wildman–Crippen MR) is 186 cm³/mol. The topological polar surface area (TPSA) is 108 Å². The Balaban J connectivity index is 0.000000281. The van der Waals surface area contributed by atoms with Gasteiger partial charge in [0.1, 0.15) is 31.0 Å². The van der Waals surface area contributed by atoms with Gasteiger partial charge in [-0.25, -0.2) is 9.59 Å². The molecule has 1 N–H and O–H groups in total. The summed E-state index contributed by atoms with van der Waals surface area (Å²) < 4.78 is 51.9. The molecule has 0 amide bonds. The van der Waals surface area contributed by atoms with Gasteiger partial charge in [-0.05, 0) is 113 Å². The van der Waals surface area contributed by atoms with Gasteiger partial charge in [0.15, 0.2) is 0 Å². The van der Waals surface area contributed by atoms with Crippen molar-refractivity contribution in [3.63, 3.8) is 0 Å². The van der Waals surface area contributed by atoms with Crippen LogP contribution < -0.4 is 21.2 Å². The number of rotatable bonds is 12. The van der Waals surface area contributed by atoms with E-state index >= 15 is 0 Å². The molecule has 0 aromatic heterocycles. The number of benzene rings is 2. The number of aliphatic hydroxyl groups excluding tert-OH is 1. The van der Waals surface area contributed by atoms with E-state index in [0.29, 0.717) is 38.0 Å². The summed E-state index contributed by atoms with van der Waals surface area (Å²) in [5.74, 6) is -3.57. The summed E-state index contributed by atoms with van der Waals surface area (Å²) in [5, 5.41) is 10.4. The molecule has 2 aromatic rings. The number of ether oxygens (including phenoxy) is 4. The van der Waals surface area contributed by atoms with Gasteiger partial charge in [-0.2, -0.15) is 8.78 Å². The maximum absolute atomic E-state index is 13.4. The van der Waals surface area contributed by atoms with Gasteiger partial charge in [-0.3, -0.25) is 4.79 Å². The van der Waals surface area contributed by atoms with Gasteiger partial charge in [0.25, 0.3) is 0 Å². The van der Waals surface area contributed by atoms with Gasteiger partial charge in [-0.15, -0.1) is 0 Å². The van der Waals surface area contributed by atoms with E-state index in [1.54, 1.807) is 0 Å². The summed E-state index contributed by atoms with van der Waals surface area (Å²) in [5.41, 5.74) is -1.18. The summed E-state index contributed by atoms with van der Waals surface area (Å²) >= 11 is 0.0287. The second-order valence-electron chi connectivity index (χ2n) is 16.9. The summed E-state index contributed by atoms with van der Waals surface area (Å²) in [4.78, 5) is 37.6. The summed E-state index contributed by atoms with van der Waals surface area (Å²) in [6.45, 7) is 1.91. The zero-order valence-corrected chi connectivity index (χ0v) is 32.8.